The van der Waals surface area contributed by atoms with Crippen LogP contribution in [0.25, 0.3) is 0 Å². The van der Waals surface area contributed by atoms with E-state index in [1.165, 1.54) is 5.57 Å². The van der Waals surface area contributed by atoms with Crippen LogP contribution in [0.3, 0.4) is 0 Å². The number of allylic oxidation sites excluding steroid dienone is 3. The summed E-state index contributed by atoms with van der Waals surface area (Å²) in [6, 6.07) is 0. The zero-order chi connectivity index (χ0) is 5.98. The summed E-state index contributed by atoms with van der Waals surface area (Å²) in [7, 11) is 0. The molecule has 0 radical (unpaired) electrons. The first-order valence-corrected chi connectivity index (χ1v) is 2.93. The number of rotatable bonds is 0. The Morgan fingerprint density at radius 3 is 2.88 bits per heavy atom. The highest BCUT2D eigenvalue weighted by atomic mass is 35.5. The molecule has 0 aliphatic heterocycles. The summed E-state index contributed by atoms with van der Waals surface area (Å²) >= 11 is 5.68. The first-order chi connectivity index (χ1) is 3.79. The third-order valence-electron chi connectivity index (χ3n) is 1.03. The van der Waals surface area contributed by atoms with Gasteiger partial charge in [-0.25, -0.2) is 0 Å². The van der Waals surface area contributed by atoms with Crippen molar-refractivity contribution in [2.45, 2.75) is 13.3 Å². The summed E-state index contributed by atoms with van der Waals surface area (Å²) in [5, 5.41) is 0.904. The van der Waals surface area contributed by atoms with Crippen LogP contribution in [-0.2, 0) is 0 Å². The Bertz CT molecular complexity index is 181. The van der Waals surface area contributed by atoms with Crippen LogP contribution in [0.2, 0.25) is 0 Å². The molecule has 1 heteroatoms. The van der Waals surface area contributed by atoms with E-state index in [0.717, 1.165) is 11.5 Å². The van der Waals surface area contributed by atoms with E-state index in [-0.39, 0.29) is 0 Å². The molecule has 0 N–H and O–H groups in total. The van der Waals surface area contributed by atoms with E-state index in [2.05, 4.69) is 5.73 Å². The van der Waals surface area contributed by atoms with Crippen molar-refractivity contribution in [1.82, 2.24) is 0 Å². The highest BCUT2D eigenvalue weighted by Gasteiger charge is 1.94. The zero-order valence-electron chi connectivity index (χ0n) is 4.74. The minimum Gasteiger partial charge on any atom is -0.122 e. The SMILES string of the molecule is CC1=C=CC=C(Cl)C1. The van der Waals surface area contributed by atoms with Crippen molar-refractivity contribution in [2.75, 3.05) is 0 Å². The minimum absolute atomic E-state index is 0.873. The molecule has 0 unspecified atom stereocenters. The average molecular weight is 127 g/mol. The molecule has 0 atom stereocenters. The molecule has 0 aromatic heterocycles. The first-order valence-electron chi connectivity index (χ1n) is 2.56. The van der Waals surface area contributed by atoms with Crippen LogP contribution in [0.4, 0.5) is 0 Å². The van der Waals surface area contributed by atoms with Crippen LogP contribution in [-0.4, -0.2) is 0 Å². The van der Waals surface area contributed by atoms with Crippen LogP contribution in [0, 0.1) is 0 Å². The second-order valence-corrected chi connectivity index (χ2v) is 2.37. The van der Waals surface area contributed by atoms with Gasteiger partial charge in [0.25, 0.3) is 0 Å². The predicted molar refractivity (Wildman–Crippen MR) is 35.8 cm³/mol. The van der Waals surface area contributed by atoms with Crippen LogP contribution >= 0.6 is 11.6 Å². The van der Waals surface area contributed by atoms with Crippen molar-refractivity contribution in [3.8, 4) is 0 Å². The van der Waals surface area contributed by atoms with E-state index in [9.17, 15) is 0 Å². The third-order valence-corrected chi connectivity index (χ3v) is 1.29. The fourth-order valence-electron chi connectivity index (χ4n) is 0.638. The van der Waals surface area contributed by atoms with E-state index in [4.69, 9.17) is 11.6 Å². The van der Waals surface area contributed by atoms with Crippen molar-refractivity contribution in [3.05, 3.63) is 28.5 Å². The molecule has 1 aliphatic carbocycles. The van der Waals surface area contributed by atoms with Crippen molar-refractivity contribution in [2.24, 2.45) is 0 Å². The normalized spacial score (nSPS) is 17.8. The molecule has 0 bridgehead atoms. The predicted octanol–water partition coefficient (Wildman–Crippen LogP) is 2.61. The van der Waals surface area contributed by atoms with Crippen molar-refractivity contribution in [3.63, 3.8) is 0 Å². The molecular weight excluding hydrogens is 120 g/mol. The highest BCUT2D eigenvalue weighted by molar-refractivity contribution is 6.29. The second kappa shape index (κ2) is 2.21. The van der Waals surface area contributed by atoms with Gasteiger partial charge in [-0.1, -0.05) is 11.6 Å². The van der Waals surface area contributed by atoms with Crippen molar-refractivity contribution >= 4 is 11.6 Å². The average Bonchev–Trinajstić information content (AvgIpc) is 1.64. The van der Waals surface area contributed by atoms with Gasteiger partial charge in [-0.15, -0.1) is 5.73 Å². The lowest BCUT2D eigenvalue weighted by Crippen LogP contribution is -1.78. The number of hydrogen-bond acceptors (Lipinski definition) is 0. The molecule has 1 rings (SSSR count). The standard InChI is InChI=1S/C7H7Cl/c1-6-3-2-4-7(8)5-6/h2,4H,5H2,1H3. The summed E-state index contributed by atoms with van der Waals surface area (Å²) in [6.45, 7) is 2.02. The fourth-order valence-corrected chi connectivity index (χ4v) is 0.901. The third kappa shape index (κ3) is 1.26. The molecule has 0 spiro atoms. The van der Waals surface area contributed by atoms with Crippen LogP contribution in [0.1, 0.15) is 13.3 Å². The fraction of sp³-hybridized carbons (Fsp3) is 0.286. The molecule has 0 fully saturated rings. The molecule has 0 nitrogen and oxygen atoms in total. The van der Waals surface area contributed by atoms with Crippen LogP contribution in [0.5, 0.6) is 0 Å². The van der Waals surface area contributed by atoms with Gasteiger partial charge in [-0.2, -0.15) is 0 Å². The molecule has 42 valence electrons. The van der Waals surface area contributed by atoms with Gasteiger partial charge in [0.2, 0.25) is 0 Å². The Hall–Kier alpha value is -0.450. The topological polar surface area (TPSA) is 0 Å². The molecule has 0 amide bonds. The summed E-state index contributed by atoms with van der Waals surface area (Å²) in [5.41, 5.74) is 4.25. The Labute approximate surface area is 54.2 Å². The van der Waals surface area contributed by atoms with Gasteiger partial charge >= 0.3 is 0 Å². The minimum atomic E-state index is 0.873. The molecule has 0 aromatic carbocycles. The van der Waals surface area contributed by atoms with Gasteiger partial charge in [-0.05, 0) is 24.6 Å². The van der Waals surface area contributed by atoms with Crippen LogP contribution < -0.4 is 0 Å². The molecule has 0 saturated heterocycles. The largest absolute Gasteiger partial charge is 0.122 e. The molecule has 8 heavy (non-hydrogen) atoms. The molecule has 0 heterocycles. The Balaban J connectivity index is 2.83. The maximum atomic E-state index is 5.68. The number of hydrogen-bond donors (Lipinski definition) is 0. The van der Waals surface area contributed by atoms with Gasteiger partial charge < -0.3 is 0 Å². The molecule has 0 saturated carbocycles. The van der Waals surface area contributed by atoms with E-state index >= 15 is 0 Å². The Morgan fingerprint density at radius 1 is 1.75 bits per heavy atom. The first kappa shape index (κ1) is 5.68. The maximum absolute atomic E-state index is 5.68. The zero-order valence-corrected chi connectivity index (χ0v) is 5.50. The van der Waals surface area contributed by atoms with Gasteiger partial charge in [0.1, 0.15) is 0 Å². The highest BCUT2D eigenvalue weighted by Crippen LogP contribution is 2.16. The molecule has 0 aromatic rings. The van der Waals surface area contributed by atoms with Gasteiger partial charge in [-0.3, -0.25) is 0 Å². The van der Waals surface area contributed by atoms with E-state index in [1.54, 1.807) is 0 Å². The maximum Gasteiger partial charge on any atom is 0.0233 e. The van der Waals surface area contributed by atoms with Crippen LogP contribution in [0.15, 0.2) is 28.5 Å². The summed E-state index contributed by atoms with van der Waals surface area (Å²) in [5.74, 6) is 0. The Morgan fingerprint density at radius 2 is 2.50 bits per heavy atom. The monoisotopic (exact) mass is 126 g/mol. The Kier molecular flexibility index (Phi) is 1.57. The van der Waals surface area contributed by atoms with Crippen molar-refractivity contribution in [1.29, 1.82) is 0 Å². The smallest absolute Gasteiger partial charge is 0.0233 e. The lowest BCUT2D eigenvalue weighted by Gasteiger charge is -1.97. The van der Waals surface area contributed by atoms with Gasteiger partial charge in [0, 0.05) is 11.5 Å². The molecule has 1 aliphatic rings. The lowest BCUT2D eigenvalue weighted by atomic mass is 10.1. The summed E-state index contributed by atoms with van der Waals surface area (Å²) in [4.78, 5) is 0. The summed E-state index contributed by atoms with van der Waals surface area (Å²) < 4.78 is 0. The quantitative estimate of drug-likeness (QED) is 0.438. The van der Waals surface area contributed by atoms with E-state index < -0.39 is 0 Å². The van der Waals surface area contributed by atoms with E-state index in [1.807, 2.05) is 19.1 Å². The van der Waals surface area contributed by atoms with E-state index in [0.29, 0.717) is 0 Å². The lowest BCUT2D eigenvalue weighted by molar-refractivity contribution is 1.18. The van der Waals surface area contributed by atoms with Crippen molar-refractivity contribution < 1.29 is 0 Å². The second-order valence-electron chi connectivity index (χ2n) is 1.88. The number of halogens is 1. The van der Waals surface area contributed by atoms with Gasteiger partial charge in [0.05, 0.1) is 0 Å². The summed E-state index contributed by atoms with van der Waals surface area (Å²) in [6.07, 6.45) is 4.59. The van der Waals surface area contributed by atoms with Gasteiger partial charge in [0.15, 0.2) is 0 Å². The molecular formula is C7H7Cl.